The number of thiophene rings is 1. The average molecular weight is 406 g/mol. The lowest BCUT2D eigenvalue weighted by molar-refractivity contribution is 0.0515. The zero-order chi connectivity index (χ0) is 20.2. The van der Waals surface area contributed by atoms with Gasteiger partial charge in [0.15, 0.2) is 0 Å². The maximum atomic E-state index is 12.8. The molecule has 7 heteroatoms. The molecular weight excluding hydrogens is 388 g/mol. The van der Waals surface area contributed by atoms with Crippen molar-refractivity contribution in [3.8, 4) is 0 Å². The number of carbonyl (C=O) groups excluding carboxylic acids is 1. The van der Waals surface area contributed by atoms with Gasteiger partial charge in [-0.3, -0.25) is 14.3 Å². The molecule has 1 N–H and O–H groups in total. The Hall–Kier alpha value is -3.45. The van der Waals surface area contributed by atoms with E-state index in [0.717, 1.165) is 27.0 Å². The van der Waals surface area contributed by atoms with Gasteiger partial charge in [0.05, 0.1) is 18.5 Å². The lowest BCUT2D eigenvalue weighted by atomic mass is 10.2. The number of H-pyrrole nitrogens is 1. The van der Waals surface area contributed by atoms with Gasteiger partial charge in [-0.05, 0) is 17.2 Å². The van der Waals surface area contributed by atoms with Crippen LogP contribution in [0.3, 0.4) is 0 Å². The van der Waals surface area contributed by atoms with Crippen LogP contribution >= 0.6 is 11.3 Å². The van der Waals surface area contributed by atoms with Crippen LogP contribution in [0.25, 0.3) is 10.2 Å². The lowest BCUT2D eigenvalue weighted by Gasteiger charge is -2.04. The third-order valence-electron chi connectivity index (χ3n) is 4.52. The third-order valence-corrected chi connectivity index (χ3v) is 5.56. The Kier molecular flexibility index (Phi) is 5.39. The highest BCUT2D eigenvalue weighted by atomic mass is 32.1. The van der Waals surface area contributed by atoms with Gasteiger partial charge >= 0.3 is 11.7 Å². The molecule has 0 radical (unpaired) electrons. The van der Waals surface area contributed by atoms with Crippen LogP contribution in [0.5, 0.6) is 0 Å². The predicted molar refractivity (Wildman–Crippen MR) is 113 cm³/mol. The highest BCUT2D eigenvalue weighted by Crippen LogP contribution is 2.21. The number of ether oxygens (including phenoxy) is 1. The van der Waals surface area contributed by atoms with Crippen molar-refractivity contribution in [3.05, 3.63) is 104 Å². The number of carbonyl (C=O) groups is 1. The minimum atomic E-state index is -0.503. The van der Waals surface area contributed by atoms with Gasteiger partial charge in [-0.2, -0.15) is 0 Å². The summed E-state index contributed by atoms with van der Waals surface area (Å²) >= 11 is 1.05. The zero-order valence-electron chi connectivity index (χ0n) is 15.5. The van der Waals surface area contributed by atoms with E-state index in [1.54, 1.807) is 0 Å². The van der Waals surface area contributed by atoms with Crippen molar-refractivity contribution >= 4 is 27.5 Å². The lowest BCUT2D eigenvalue weighted by Crippen LogP contribution is -2.34. The molecule has 29 heavy (non-hydrogen) atoms. The van der Waals surface area contributed by atoms with Crippen molar-refractivity contribution in [1.82, 2.24) is 9.55 Å². The molecule has 4 aromatic rings. The first-order chi connectivity index (χ1) is 14.1. The second kappa shape index (κ2) is 8.28. The van der Waals surface area contributed by atoms with Crippen molar-refractivity contribution in [3.63, 3.8) is 0 Å². The summed E-state index contributed by atoms with van der Waals surface area (Å²) in [6, 6.07) is 20.5. The van der Waals surface area contributed by atoms with Crippen molar-refractivity contribution in [2.45, 2.75) is 13.0 Å². The first-order valence-electron chi connectivity index (χ1n) is 9.13. The van der Waals surface area contributed by atoms with Gasteiger partial charge in [0.1, 0.15) is 9.71 Å². The molecule has 2 aromatic heterocycles. The number of hydrogen-bond acceptors (Lipinski definition) is 5. The molecule has 0 amide bonds. The number of aromatic amines is 1. The number of aromatic nitrogens is 2. The summed E-state index contributed by atoms with van der Waals surface area (Å²) in [5, 5.41) is 0.306. The minimum Gasteiger partial charge on any atom is -0.461 e. The first-order valence-corrected chi connectivity index (χ1v) is 9.95. The fourth-order valence-corrected chi connectivity index (χ4v) is 3.97. The van der Waals surface area contributed by atoms with Crippen LogP contribution in [0.15, 0.2) is 76.3 Å². The summed E-state index contributed by atoms with van der Waals surface area (Å²) in [5.41, 5.74) is 0.990. The van der Waals surface area contributed by atoms with Gasteiger partial charge in [0.2, 0.25) is 0 Å². The average Bonchev–Trinajstić information content (AvgIpc) is 3.17. The fraction of sp³-hybridized carbons (Fsp3) is 0.136. The minimum absolute atomic E-state index is 0.164. The molecule has 2 aromatic carbocycles. The van der Waals surface area contributed by atoms with Crippen LogP contribution in [0.2, 0.25) is 0 Å². The van der Waals surface area contributed by atoms with Crippen LogP contribution in [0.1, 0.15) is 20.8 Å². The van der Waals surface area contributed by atoms with Crippen molar-refractivity contribution in [2.75, 3.05) is 6.61 Å². The molecule has 0 fully saturated rings. The maximum Gasteiger partial charge on any atom is 0.348 e. The molecule has 0 aliphatic heterocycles. The summed E-state index contributed by atoms with van der Waals surface area (Å²) < 4.78 is 6.46. The van der Waals surface area contributed by atoms with E-state index in [9.17, 15) is 14.4 Å². The van der Waals surface area contributed by atoms with Crippen molar-refractivity contribution < 1.29 is 9.53 Å². The van der Waals surface area contributed by atoms with Gasteiger partial charge in [-0.15, -0.1) is 11.3 Å². The number of nitrogens with one attached hydrogen (secondary N) is 1. The van der Waals surface area contributed by atoms with Crippen LogP contribution in [-0.2, 0) is 17.7 Å². The van der Waals surface area contributed by atoms with E-state index < -0.39 is 17.2 Å². The molecular formula is C22H18N2O4S. The smallest absolute Gasteiger partial charge is 0.348 e. The van der Waals surface area contributed by atoms with E-state index in [2.05, 4.69) is 4.98 Å². The van der Waals surface area contributed by atoms with Crippen LogP contribution < -0.4 is 11.2 Å². The molecule has 0 unspecified atom stereocenters. The molecule has 0 atom stereocenters. The van der Waals surface area contributed by atoms with E-state index in [1.807, 2.05) is 60.7 Å². The second-order valence-corrected chi connectivity index (χ2v) is 7.58. The van der Waals surface area contributed by atoms with E-state index in [1.165, 1.54) is 6.07 Å². The van der Waals surface area contributed by atoms with E-state index in [0.29, 0.717) is 21.5 Å². The van der Waals surface area contributed by atoms with Crippen molar-refractivity contribution in [1.29, 1.82) is 0 Å². The Labute approximate surface area is 170 Å². The Morgan fingerprint density at radius 3 is 2.31 bits per heavy atom. The van der Waals surface area contributed by atoms with Gasteiger partial charge in [0.25, 0.3) is 5.56 Å². The molecule has 0 saturated heterocycles. The summed E-state index contributed by atoms with van der Waals surface area (Å²) in [7, 11) is 0. The Bertz CT molecular complexity index is 1260. The number of rotatable bonds is 6. The largest absolute Gasteiger partial charge is 0.461 e. The van der Waals surface area contributed by atoms with E-state index >= 15 is 0 Å². The fourth-order valence-electron chi connectivity index (χ4n) is 3.03. The topological polar surface area (TPSA) is 81.2 Å². The summed E-state index contributed by atoms with van der Waals surface area (Å²) in [5.74, 6) is -0.503. The molecule has 0 spiro atoms. The molecule has 0 saturated carbocycles. The van der Waals surface area contributed by atoms with Crippen molar-refractivity contribution in [2.24, 2.45) is 0 Å². The molecule has 2 heterocycles. The van der Waals surface area contributed by atoms with Gasteiger partial charge in [0, 0.05) is 6.42 Å². The Morgan fingerprint density at radius 2 is 1.62 bits per heavy atom. The highest BCUT2D eigenvalue weighted by molar-refractivity contribution is 7.20. The predicted octanol–water partition coefficient (Wildman–Crippen LogP) is 3.20. The Morgan fingerprint density at radius 1 is 0.966 bits per heavy atom. The molecule has 146 valence electrons. The van der Waals surface area contributed by atoms with Gasteiger partial charge < -0.3 is 4.74 Å². The summed E-state index contributed by atoms with van der Waals surface area (Å²) in [4.78, 5) is 40.9. The highest BCUT2D eigenvalue weighted by Gasteiger charge is 2.16. The standard InChI is InChI=1S/C22H18N2O4S/c25-20-17-13-18(21(26)28-12-11-15-7-3-1-4-8-15)29-19(17)23-22(27)24(20)14-16-9-5-2-6-10-16/h1-10,13H,11-12,14H2,(H,23,27). The number of nitrogens with zero attached hydrogens (tertiary/aromatic N) is 1. The maximum absolute atomic E-state index is 12.8. The van der Waals surface area contributed by atoms with E-state index in [-0.39, 0.29) is 13.2 Å². The molecule has 0 bridgehead atoms. The first kappa shape index (κ1) is 18.9. The monoisotopic (exact) mass is 406 g/mol. The quantitative estimate of drug-likeness (QED) is 0.499. The normalized spacial score (nSPS) is 10.9. The second-order valence-electron chi connectivity index (χ2n) is 6.53. The van der Waals surface area contributed by atoms with E-state index in [4.69, 9.17) is 4.74 Å². The van der Waals surface area contributed by atoms with Crippen LogP contribution in [-0.4, -0.2) is 22.1 Å². The van der Waals surface area contributed by atoms with Gasteiger partial charge in [-0.25, -0.2) is 9.59 Å². The molecule has 6 nitrogen and oxygen atoms in total. The third kappa shape index (κ3) is 4.20. The number of esters is 1. The summed E-state index contributed by atoms with van der Waals surface area (Å²) in [6.07, 6.45) is 0.609. The van der Waals surface area contributed by atoms with Crippen LogP contribution in [0, 0.1) is 0 Å². The van der Waals surface area contributed by atoms with Gasteiger partial charge in [-0.1, -0.05) is 60.7 Å². The summed E-state index contributed by atoms with van der Waals surface area (Å²) in [6.45, 7) is 0.406. The Balaban J connectivity index is 1.54. The number of fused-ring (bicyclic) bond motifs is 1. The molecule has 0 aliphatic carbocycles. The number of benzene rings is 2. The van der Waals surface area contributed by atoms with Crippen LogP contribution in [0.4, 0.5) is 0 Å². The molecule has 4 rings (SSSR count). The molecule has 0 aliphatic rings. The zero-order valence-corrected chi connectivity index (χ0v) is 16.3. The SMILES string of the molecule is O=C(OCCc1ccccc1)c1cc2c(=O)n(Cc3ccccc3)c(=O)[nH]c2s1. The number of hydrogen-bond donors (Lipinski definition) is 1.